The Morgan fingerprint density at radius 3 is 1.97 bits per heavy atom. The van der Waals surface area contributed by atoms with Crippen molar-refractivity contribution in [3.05, 3.63) is 0 Å². The summed E-state index contributed by atoms with van der Waals surface area (Å²) in [4.78, 5) is 31.1. The molecule has 2 heterocycles. The van der Waals surface area contributed by atoms with E-state index in [2.05, 4.69) is 20.4 Å². The van der Waals surface area contributed by atoms with Crippen LogP contribution in [0.25, 0.3) is 0 Å². The molecular formula is C20H41Cl2N5O2. The zero-order chi connectivity index (χ0) is 19.9. The Labute approximate surface area is 189 Å². The summed E-state index contributed by atoms with van der Waals surface area (Å²) in [6.45, 7) is 13.1. The van der Waals surface area contributed by atoms with E-state index < -0.39 is 0 Å². The van der Waals surface area contributed by atoms with E-state index in [4.69, 9.17) is 0 Å². The quantitative estimate of drug-likeness (QED) is 0.606. The van der Waals surface area contributed by atoms with Crippen molar-refractivity contribution in [3.63, 3.8) is 0 Å². The van der Waals surface area contributed by atoms with Gasteiger partial charge in [-0.15, -0.1) is 24.8 Å². The van der Waals surface area contributed by atoms with Gasteiger partial charge in [-0.05, 0) is 72.6 Å². The molecular weight excluding hydrogens is 413 g/mol. The van der Waals surface area contributed by atoms with Crippen molar-refractivity contribution >= 4 is 36.6 Å². The molecule has 2 saturated heterocycles. The molecule has 0 saturated carbocycles. The monoisotopic (exact) mass is 453 g/mol. The summed E-state index contributed by atoms with van der Waals surface area (Å²) < 4.78 is 0. The number of rotatable bonds is 7. The van der Waals surface area contributed by atoms with Gasteiger partial charge in [-0.3, -0.25) is 19.4 Å². The summed E-state index contributed by atoms with van der Waals surface area (Å²) in [5.41, 5.74) is -0.199. The molecule has 0 aromatic carbocycles. The maximum absolute atomic E-state index is 12.6. The number of carbonyl (C=O) groups is 2. The number of halogens is 2. The van der Waals surface area contributed by atoms with E-state index in [1.165, 1.54) is 19.3 Å². The first kappa shape index (κ1) is 28.4. The van der Waals surface area contributed by atoms with Crippen molar-refractivity contribution in [2.75, 3.05) is 66.0 Å². The zero-order valence-corrected chi connectivity index (χ0v) is 20.2. The highest BCUT2D eigenvalue weighted by molar-refractivity contribution is 5.85. The van der Waals surface area contributed by atoms with Gasteiger partial charge in [0.2, 0.25) is 11.8 Å². The maximum atomic E-state index is 12.6. The largest absolute Gasteiger partial charge is 0.350 e. The number of piperazine rings is 1. The van der Waals surface area contributed by atoms with Crippen molar-refractivity contribution < 1.29 is 9.59 Å². The van der Waals surface area contributed by atoms with E-state index in [0.29, 0.717) is 13.1 Å². The predicted octanol–water partition coefficient (Wildman–Crippen LogP) is 1.21. The number of hydrogen-bond donors (Lipinski definition) is 2. The van der Waals surface area contributed by atoms with E-state index in [9.17, 15) is 9.59 Å². The van der Waals surface area contributed by atoms with Crippen molar-refractivity contribution in [3.8, 4) is 0 Å². The number of piperidine rings is 1. The van der Waals surface area contributed by atoms with Crippen molar-refractivity contribution in [2.45, 2.75) is 45.6 Å². The number of nitrogens with zero attached hydrogens (tertiary/aromatic N) is 3. The van der Waals surface area contributed by atoms with Crippen LogP contribution in [0.5, 0.6) is 0 Å². The number of amides is 2. The van der Waals surface area contributed by atoms with Crippen molar-refractivity contribution in [2.24, 2.45) is 5.92 Å². The van der Waals surface area contributed by atoms with Crippen LogP contribution in [0.4, 0.5) is 0 Å². The Morgan fingerprint density at radius 1 is 0.897 bits per heavy atom. The summed E-state index contributed by atoms with van der Waals surface area (Å²) in [5.74, 6) is 1.09. The van der Waals surface area contributed by atoms with Gasteiger partial charge in [0.25, 0.3) is 0 Å². The Kier molecular flexibility index (Phi) is 13.4. The van der Waals surface area contributed by atoms with Crippen molar-refractivity contribution in [1.29, 1.82) is 0 Å². The van der Waals surface area contributed by atoms with Gasteiger partial charge >= 0.3 is 0 Å². The third-order valence-corrected chi connectivity index (χ3v) is 5.48. The Bertz CT molecular complexity index is 486. The lowest BCUT2D eigenvalue weighted by molar-refractivity contribution is -0.134. The maximum Gasteiger partial charge on any atom is 0.236 e. The third kappa shape index (κ3) is 10.8. The molecule has 0 aliphatic carbocycles. The average molecular weight is 454 g/mol. The molecule has 2 aliphatic rings. The molecule has 172 valence electrons. The minimum atomic E-state index is -0.199. The average Bonchev–Trinajstić information content (AvgIpc) is 2.60. The Morgan fingerprint density at radius 2 is 1.45 bits per heavy atom. The van der Waals surface area contributed by atoms with E-state index >= 15 is 0 Å². The summed E-state index contributed by atoms with van der Waals surface area (Å²) in [7, 11) is 2.00. The lowest BCUT2D eigenvalue weighted by atomic mass is 9.93. The highest BCUT2D eigenvalue weighted by Crippen LogP contribution is 2.20. The van der Waals surface area contributed by atoms with Crippen LogP contribution in [0.15, 0.2) is 0 Å². The third-order valence-electron chi connectivity index (χ3n) is 5.48. The van der Waals surface area contributed by atoms with Crippen LogP contribution in [0, 0.1) is 5.92 Å². The normalized spacial score (nSPS) is 19.2. The minimum Gasteiger partial charge on any atom is -0.350 e. The van der Waals surface area contributed by atoms with E-state index in [1.54, 1.807) is 0 Å². The molecule has 0 unspecified atom stereocenters. The van der Waals surface area contributed by atoms with E-state index in [0.717, 1.165) is 51.7 Å². The van der Waals surface area contributed by atoms with Gasteiger partial charge in [0.15, 0.2) is 0 Å². The lowest BCUT2D eigenvalue weighted by Crippen LogP contribution is -2.54. The second-order valence-corrected chi connectivity index (χ2v) is 9.07. The number of carbonyl (C=O) groups excluding carboxylic acids is 2. The van der Waals surface area contributed by atoms with Gasteiger partial charge in [0, 0.05) is 31.7 Å². The topological polar surface area (TPSA) is 67.9 Å². The number of likely N-dealkylation sites (tertiary alicyclic amines) is 1. The molecule has 0 atom stereocenters. The van der Waals surface area contributed by atoms with Crippen LogP contribution >= 0.6 is 24.8 Å². The van der Waals surface area contributed by atoms with Crippen LogP contribution in [0.3, 0.4) is 0 Å². The number of nitrogens with one attached hydrogen (secondary N) is 2. The molecule has 0 aromatic rings. The molecule has 0 aromatic heterocycles. The van der Waals surface area contributed by atoms with E-state index in [1.807, 2.05) is 32.7 Å². The van der Waals surface area contributed by atoms with Gasteiger partial charge in [0.05, 0.1) is 13.1 Å². The van der Waals surface area contributed by atoms with Crippen molar-refractivity contribution in [1.82, 2.24) is 25.3 Å². The van der Waals surface area contributed by atoms with Gasteiger partial charge in [0.1, 0.15) is 0 Å². The van der Waals surface area contributed by atoms with Crippen LogP contribution in [-0.4, -0.2) is 98.0 Å². The lowest BCUT2D eigenvalue weighted by Gasteiger charge is -2.37. The van der Waals surface area contributed by atoms with Gasteiger partial charge in [-0.1, -0.05) is 0 Å². The minimum absolute atomic E-state index is 0. The summed E-state index contributed by atoms with van der Waals surface area (Å²) in [6.07, 6.45) is 3.64. The van der Waals surface area contributed by atoms with Gasteiger partial charge in [-0.25, -0.2) is 0 Å². The first-order chi connectivity index (χ1) is 12.8. The van der Waals surface area contributed by atoms with Crippen LogP contribution in [0.2, 0.25) is 0 Å². The molecule has 29 heavy (non-hydrogen) atoms. The number of hydrogen-bond acceptors (Lipinski definition) is 5. The standard InChI is InChI=1S/C20H39N5O2.2ClH/c1-20(2,3)22-18(26)15-24-11-13-25(14-12-24)19(27)16-23-9-6-17(7-10-23)5-8-21-4;;/h17,21H,5-16H2,1-4H3,(H,22,26);2*1H. The molecule has 9 heteroatoms. The molecule has 2 amide bonds. The van der Waals surface area contributed by atoms with E-state index in [-0.39, 0.29) is 42.2 Å². The van der Waals surface area contributed by atoms with Crippen LogP contribution < -0.4 is 10.6 Å². The molecule has 0 spiro atoms. The van der Waals surface area contributed by atoms with Crippen LogP contribution in [-0.2, 0) is 9.59 Å². The first-order valence-corrected chi connectivity index (χ1v) is 10.4. The second kappa shape index (κ2) is 13.7. The predicted molar refractivity (Wildman–Crippen MR) is 123 cm³/mol. The summed E-state index contributed by atoms with van der Waals surface area (Å²) in [6, 6.07) is 0. The Balaban J connectivity index is 0.00000392. The highest BCUT2D eigenvalue weighted by Gasteiger charge is 2.26. The highest BCUT2D eigenvalue weighted by atomic mass is 35.5. The second-order valence-electron chi connectivity index (χ2n) is 9.07. The molecule has 0 bridgehead atoms. The molecule has 2 aliphatic heterocycles. The summed E-state index contributed by atoms with van der Waals surface area (Å²) >= 11 is 0. The molecule has 0 radical (unpaired) electrons. The zero-order valence-electron chi connectivity index (χ0n) is 18.5. The SMILES string of the molecule is CNCCC1CCN(CC(=O)N2CCN(CC(=O)NC(C)(C)C)CC2)CC1.Cl.Cl. The smallest absolute Gasteiger partial charge is 0.236 e. The van der Waals surface area contributed by atoms with Gasteiger partial charge < -0.3 is 15.5 Å². The summed E-state index contributed by atoms with van der Waals surface area (Å²) in [5, 5.41) is 6.22. The Hall–Kier alpha value is -0.600. The molecule has 7 nitrogen and oxygen atoms in total. The fraction of sp³-hybridized carbons (Fsp3) is 0.900. The molecule has 2 N–H and O–H groups in total. The molecule has 2 fully saturated rings. The van der Waals surface area contributed by atoms with Gasteiger partial charge in [-0.2, -0.15) is 0 Å². The fourth-order valence-corrected chi connectivity index (χ4v) is 3.89. The first-order valence-electron chi connectivity index (χ1n) is 10.4. The molecule has 2 rings (SSSR count). The van der Waals surface area contributed by atoms with Crippen LogP contribution in [0.1, 0.15) is 40.0 Å². The fourth-order valence-electron chi connectivity index (χ4n) is 3.89.